The van der Waals surface area contributed by atoms with Crippen LogP contribution in [0.3, 0.4) is 0 Å². The van der Waals surface area contributed by atoms with Gasteiger partial charge in [-0.25, -0.2) is 0 Å². The molecule has 0 aliphatic heterocycles. The van der Waals surface area contributed by atoms with Crippen molar-refractivity contribution < 1.29 is 4.79 Å². The number of carbonyl (C=O) groups excluding carboxylic acids is 1. The van der Waals surface area contributed by atoms with Crippen molar-refractivity contribution >= 4 is 5.78 Å². The largest absolute Gasteiger partial charge is 0.295 e. The second-order valence-corrected chi connectivity index (χ2v) is 13.1. The first-order valence-electron chi connectivity index (χ1n) is 15.5. The van der Waals surface area contributed by atoms with E-state index in [2.05, 4.69) is 61.5 Å². The molecule has 4 aliphatic carbocycles. The number of carbonyl (C=O) groups is 1. The third-order valence-electron chi connectivity index (χ3n) is 10.6. The fourth-order valence-corrected chi connectivity index (χ4v) is 8.40. The summed E-state index contributed by atoms with van der Waals surface area (Å²) in [7, 11) is 0. The van der Waals surface area contributed by atoms with Crippen LogP contribution in [0.5, 0.6) is 0 Å². The minimum atomic E-state index is 0.236. The van der Waals surface area contributed by atoms with Crippen LogP contribution in [0.15, 0.2) is 23.3 Å². The highest BCUT2D eigenvalue weighted by atomic mass is 16.1. The van der Waals surface area contributed by atoms with Crippen LogP contribution in [-0.2, 0) is 4.79 Å². The van der Waals surface area contributed by atoms with Gasteiger partial charge in [-0.1, -0.05) is 106 Å². The summed E-state index contributed by atoms with van der Waals surface area (Å²) in [5, 5.41) is 0. The van der Waals surface area contributed by atoms with Gasteiger partial charge >= 0.3 is 0 Å². The number of ketones is 1. The minimum Gasteiger partial charge on any atom is -0.295 e. The number of fused-ring (bicyclic) bond motifs is 5. The zero-order valence-electron chi connectivity index (χ0n) is 25.3. The Kier molecular flexibility index (Phi) is 11.4. The monoisotopic (exact) mass is 484 g/mol. The lowest BCUT2D eigenvalue weighted by atomic mass is 9.46. The maximum Gasteiger partial charge on any atom is 0.156 e. The van der Waals surface area contributed by atoms with Gasteiger partial charge in [0.25, 0.3) is 0 Å². The summed E-state index contributed by atoms with van der Waals surface area (Å²) < 4.78 is 0. The molecule has 1 nitrogen and oxygen atoms in total. The predicted molar refractivity (Wildman–Crippen MR) is 155 cm³/mol. The Morgan fingerprint density at radius 1 is 0.914 bits per heavy atom. The van der Waals surface area contributed by atoms with Crippen molar-refractivity contribution in [1.29, 1.82) is 0 Å². The molecule has 0 aromatic heterocycles. The first kappa shape index (κ1) is 30.4. The topological polar surface area (TPSA) is 17.1 Å². The molecule has 2 saturated carbocycles. The molecule has 0 amide bonds. The van der Waals surface area contributed by atoms with E-state index in [1.807, 2.05) is 19.9 Å². The highest BCUT2D eigenvalue weighted by Gasteiger charge is 2.59. The number of hydrogen-bond acceptors (Lipinski definition) is 1. The second-order valence-electron chi connectivity index (χ2n) is 13.1. The molecule has 5 unspecified atom stereocenters. The molecule has 4 rings (SSSR count). The lowest BCUT2D eigenvalue weighted by Crippen LogP contribution is -2.50. The van der Waals surface area contributed by atoms with E-state index in [9.17, 15) is 4.79 Å². The van der Waals surface area contributed by atoms with Crippen LogP contribution in [0.4, 0.5) is 0 Å². The van der Waals surface area contributed by atoms with Gasteiger partial charge in [0.2, 0.25) is 0 Å². The van der Waals surface area contributed by atoms with E-state index in [1.165, 1.54) is 63.4 Å². The first-order chi connectivity index (χ1) is 16.6. The van der Waals surface area contributed by atoms with Gasteiger partial charge in [-0.05, 0) is 97.0 Å². The molecule has 1 heteroatoms. The van der Waals surface area contributed by atoms with Crippen LogP contribution in [-0.4, -0.2) is 5.78 Å². The van der Waals surface area contributed by atoms with E-state index in [0.717, 1.165) is 48.3 Å². The lowest BCUT2D eigenvalue weighted by molar-refractivity contribution is -0.116. The van der Waals surface area contributed by atoms with Gasteiger partial charge in [0.1, 0.15) is 0 Å². The molecule has 0 spiro atoms. The smallest absolute Gasteiger partial charge is 0.156 e. The van der Waals surface area contributed by atoms with Gasteiger partial charge in [-0.2, -0.15) is 0 Å². The number of hydrogen-bond donors (Lipinski definition) is 0. The van der Waals surface area contributed by atoms with Crippen molar-refractivity contribution in [2.45, 2.75) is 140 Å². The Labute approximate surface area is 220 Å². The lowest BCUT2D eigenvalue weighted by Gasteiger charge is -2.58. The number of allylic oxidation sites excluding steroid dienone is 4. The summed E-state index contributed by atoms with van der Waals surface area (Å²) in [6.45, 7) is 23.2. The Morgan fingerprint density at radius 3 is 2.17 bits per heavy atom. The molecule has 0 bridgehead atoms. The van der Waals surface area contributed by atoms with Crippen LogP contribution in [0.1, 0.15) is 140 Å². The molecule has 0 aromatic carbocycles. The average molecular weight is 485 g/mol. The Bertz CT molecular complexity index is 740. The summed E-state index contributed by atoms with van der Waals surface area (Å²) in [6.07, 6.45) is 18.7. The molecule has 202 valence electrons. The zero-order valence-corrected chi connectivity index (χ0v) is 25.3. The van der Waals surface area contributed by atoms with E-state index in [1.54, 1.807) is 5.57 Å². The maximum atomic E-state index is 12.1. The second kappa shape index (κ2) is 13.1. The highest BCUT2D eigenvalue weighted by Crippen LogP contribution is 2.67. The van der Waals surface area contributed by atoms with Crippen LogP contribution in [0.2, 0.25) is 0 Å². The first-order valence-corrected chi connectivity index (χ1v) is 15.5. The SMILES string of the molecule is CC.CC1=CC2=CC(=O)CC[C@]2(C)C2CC[C@]3(C)C(C(C)CCCC(C)C)CCC3C12.CCCC. The van der Waals surface area contributed by atoms with Gasteiger partial charge in [0.15, 0.2) is 5.78 Å². The highest BCUT2D eigenvalue weighted by molar-refractivity contribution is 5.92. The van der Waals surface area contributed by atoms with Crippen molar-refractivity contribution in [3.05, 3.63) is 23.3 Å². The van der Waals surface area contributed by atoms with Crippen molar-refractivity contribution in [2.75, 3.05) is 0 Å². The summed E-state index contributed by atoms with van der Waals surface area (Å²) in [4.78, 5) is 12.1. The molecule has 0 N–H and O–H groups in total. The van der Waals surface area contributed by atoms with Crippen molar-refractivity contribution in [3.8, 4) is 0 Å². The van der Waals surface area contributed by atoms with E-state index in [4.69, 9.17) is 0 Å². The molecule has 35 heavy (non-hydrogen) atoms. The van der Waals surface area contributed by atoms with Gasteiger partial charge < -0.3 is 0 Å². The summed E-state index contributed by atoms with van der Waals surface area (Å²) in [6, 6.07) is 0. The van der Waals surface area contributed by atoms with E-state index >= 15 is 0 Å². The number of rotatable bonds is 6. The molecule has 2 fully saturated rings. The van der Waals surface area contributed by atoms with Crippen LogP contribution in [0, 0.1) is 46.3 Å². The van der Waals surface area contributed by atoms with Crippen molar-refractivity contribution in [2.24, 2.45) is 46.3 Å². The van der Waals surface area contributed by atoms with E-state index in [-0.39, 0.29) is 5.41 Å². The summed E-state index contributed by atoms with van der Waals surface area (Å²) >= 11 is 0. The van der Waals surface area contributed by atoms with Gasteiger partial charge in [-0.3, -0.25) is 4.79 Å². The van der Waals surface area contributed by atoms with Gasteiger partial charge in [-0.15, -0.1) is 0 Å². The molecular weight excluding hydrogens is 424 g/mol. The fraction of sp³-hybridized carbons (Fsp3) is 0.853. The summed E-state index contributed by atoms with van der Waals surface area (Å²) in [5.74, 6) is 5.31. The molecule has 0 saturated heterocycles. The third-order valence-corrected chi connectivity index (χ3v) is 10.6. The van der Waals surface area contributed by atoms with Crippen molar-refractivity contribution in [1.82, 2.24) is 0 Å². The van der Waals surface area contributed by atoms with E-state index in [0.29, 0.717) is 11.2 Å². The van der Waals surface area contributed by atoms with E-state index < -0.39 is 0 Å². The zero-order chi connectivity index (χ0) is 26.4. The third kappa shape index (κ3) is 6.35. The summed E-state index contributed by atoms with van der Waals surface area (Å²) in [5.41, 5.74) is 3.70. The van der Waals surface area contributed by atoms with Crippen LogP contribution >= 0.6 is 0 Å². The molecule has 4 aliphatic rings. The Hall–Kier alpha value is -0.850. The standard InChI is InChI=1S/C28H44O.C4H10.C2H6/c1-18(2)8-7-9-19(3)23-10-11-24-26-20(4)16-21-17-22(29)12-14-27(21,5)25(26)13-15-28(23,24)6;1-3-4-2;1-2/h16-19,23-26H,7-15H2,1-6H3;3-4H2,1-2H3;1-2H3/t19?,23?,24?,25?,26?,27-,28+;;/m0../s1. The van der Waals surface area contributed by atoms with Crippen LogP contribution < -0.4 is 0 Å². The van der Waals surface area contributed by atoms with Crippen LogP contribution in [0.25, 0.3) is 0 Å². The normalized spacial score (nSPS) is 36.4. The molecular formula is C34H60O. The Morgan fingerprint density at radius 2 is 1.57 bits per heavy atom. The minimum absolute atomic E-state index is 0.236. The van der Waals surface area contributed by atoms with Gasteiger partial charge in [0.05, 0.1) is 0 Å². The molecule has 0 radical (unpaired) electrons. The quantitative estimate of drug-likeness (QED) is 0.366. The number of unbranched alkanes of at least 4 members (excludes halogenated alkanes) is 1. The average Bonchev–Trinajstić information content (AvgIpc) is 3.18. The molecule has 0 aromatic rings. The van der Waals surface area contributed by atoms with Crippen molar-refractivity contribution in [3.63, 3.8) is 0 Å². The molecule has 0 heterocycles. The maximum absolute atomic E-state index is 12.1. The molecule has 7 atom stereocenters. The fourth-order valence-electron chi connectivity index (χ4n) is 8.40. The predicted octanol–water partition coefficient (Wildman–Crippen LogP) is 10.6. The Balaban J connectivity index is 0.000000655. The van der Waals surface area contributed by atoms with Gasteiger partial charge in [0, 0.05) is 6.42 Å².